The smallest absolute Gasteiger partial charge is 0.248 e. The zero-order valence-electron chi connectivity index (χ0n) is 20.4. The van der Waals surface area contributed by atoms with Gasteiger partial charge in [-0.05, 0) is 72.4 Å². The van der Waals surface area contributed by atoms with Crippen molar-refractivity contribution in [2.24, 2.45) is 10.7 Å². The Morgan fingerprint density at radius 3 is 2.68 bits per heavy atom. The van der Waals surface area contributed by atoms with Gasteiger partial charge in [0.25, 0.3) is 0 Å². The quantitative estimate of drug-likeness (QED) is 0.183. The lowest BCUT2D eigenvalue weighted by molar-refractivity contribution is -0.111. The van der Waals surface area contributed by atoms with Gasteiger partial charge in [0.2, 0.25) is 5.91 Å². The molecular formula is C31H28N4O2. The van der Waals surface area contributed by atoms with Crippen molar-refractivity contribution >= 4 is 23.5 Å². The van der Waals surface area contributed by atoms with E-state index in [1.54, 1.807) is 18.3 Å². The van der Waals surface area contributed by atoms with E-state index < -0.39 is 0 Å². The number of hydrogen-bond acceptors (Lipinski definition) is 4. The third kappa shape index (κ3) is 6.49. The van der Waals surface area contributed by atoms with Crippen LogP contribution in [0.15, 0.2) is 102 Å². The van der Waals surface area contributed by atoms with E-state index in [9.17, 15) is 4.79 Å². The zero-order valence-corrected chi connectivity index (χ0v) is 20.4. The van der Waals surface area contributed by atoms with Crippen LogP contribution in [0.5, 0.6) is 11.5 Å². The summed E-state index contributed by atoms with van der Waals surface area (Å²) in [5.41, 5.74) is 12.1. The maximum Gasteiger partial charge on any atom is 0.248 e. The summed E-state index contributed by atoms with van der Waals surface area (Å²) in [7, 11) is 0. The van der Waals surface area contributed by atoms with E-state index >= 15 is 0 Å². The summed E-state index contributed by atoms with van der Waals surface area (Å²) in [4.78, 5) is 21.3. The number of aliphatic imine (C=N–C) groups is 1. The Balaban J connectivity index is 1.20. The summed E-state index contributed by atoms with van der Waals surface area (Å²) in [6.07, 6.45) is 8.38. The van der Waals surface area contributed by atoms with Gasteiger partial charge in [0.1, 0.15) is 17.3 Å². The van der Waals surface area contributed by atoms with E-state index in [1.165, 1.54) is 23.6 Å². The van der Waals surface area contributed by atoms with Gasteiger partial charge in [-0.1, -0.05) is 48.5 Å². The summed E-state index contributed by atoms with van der Waals surface area (Å²) in [5, 5.41) is 2.95. The maximum atomic E-state index is 12.4. The standard InChI is InChI=1S/C31H28N4O2/c32-31(24-7-2-1-3-8-24)34-21-27-20-29(16-17-33-27)37-28-11-4-6-22(18-28)12-15-30(36)35-26-14-13-23-9-5-10-25(23)19-26/h1-4,6-8,11-20H,5,9-10,21H2,(H2,32,34)(H,35,36). The Hall–Kier alpha value is -4.71. The van der Waals surface area contributed by atoms with E-state index in [-0.39, 0.29) is 5.91 Å². The summed E-state index contributed by atoms with van der Waals surface area (Å²) in [6, 6.07) is 27.0. The molecule has 0 unspecified atom stereocenters. The largest absolute Gasteiger partial charge is 0.457 e. The molecule has 5 rings (SSSR count). The topological polar surface area (TPSA) is 89.6 Å². The maximum absolute atomic E-state index is 12.4. The van der Waals surface area contributed by atoms with Crippen LogP contribution in [-0.2, 0) is 24.2 Å². The highest BCUT2D eigenvalue weighted by molar-refractivity contribution is 6.02. The van der Waals surface area contributed by atoms with Crippen LogP contribution < -0.4 is 15.8 Å². The number of amides is 1. The first-order valence-corrected chi connectivity index (χ1v) is 12.3. The Bertz CT molecular complexity index is 1460. The van der Waals surface area contributed by atoms with Crippen LogP contribution in [0.25, 0.3) is 6.08 Å². The van der Waals surface area contributed by atoms with Gasteiger partial charge in [-0.2, -0.15) is 0 Å². The normalized spacial score (nSPS) is 12.9. The molecule has 0 atom stereocenters. The number of nitrogens with one attached hydrogen (secondary N) is 1. The van der Waals surface area contributed by atoms with Gasteiger partial charge in [0.15, 0.2) is 0 Å². The molecular weight excluding hydrogens is 460 g/mol. The molecule has 0 fully saturated rings. The van der Waals surface area contributed by atoms with Crippen molar-refractivity contribution in [3.63, 3.8) is 0 Å². The van der Waals surface area contributed by atoms with E-state index in [2.05, 4.69) is 27.4 Å². The molecule has 4 aromatic rings. The van der Waals surface area contributed by atoms with Crippen molar-refractivity contribution in [1.29, 1.82) is 0 Å². The number of ether oxygens (including phenoxy) is 1. The van der Waals surface area contributed by atoms with Crippen LogP contribution in [0.1, 0.15) is 34.4 Å². The van der Waals surface area contributed by atoms with Gasteiger partial charge < -0.3 is 15.8 Å². The lowest BCUT2D eigenvalue weighted by Gasteiger charge is -2.08. The molecule has 1 aliphatic rings. The van der Waals surface area contributed by atoms with Crippen LogP contribution in [0, 0.1) is 0 Å². The molecule has 1 heterocycles. The number of benzene rings is 3. The Kier molecular flexibility index (Phi) is 7.36. The van der Waals surface area contributed by atoms with Gasteiger partial charge >= 0.3 is 0 Å². The van der Waals surface area contributed by atoms with Crippen LogP contribution >= 0.6 is 0 Å². The number of rotatable bonds is 8. The molecule has 3 N–H and O–H groups in total. The third-order valence-electron chi connectivity index (χ3n) is 6.16. The summed E-state index contributed by atoms with van der Waals surface area (Å²) < 4.78 is 6.04. The van der Waals surface area contributed by atoms with Gasteiger partial charge in [-0.15, -0.1) is 0 Å². The number of amidine groups is 1. The van der Waals surface area contributed by atoms with Crippen LogP contribution in [0.3, 0.4) is 0 Å². The van der Waals surface area contributed by atoms with E-state index in [4.69, 9.17) is 10.5 Å². The van der Waals surface area contributed by atoms with Gasteiger partial charge in [-0.25, -0.2) is 0 Å². The fourth-order valence-electron chi connectivity index (χ4n) is 4.30. The van der Waals surface area contributed by atoms with E-state index in [0.29, 0.717) is 23.9 Å². The highest BCUT2D eigenvalue weighted by atomic mass is 16.5. The average molecular weight is 489 g/mol. The number of anilines is 1. The first kappa shape index (κ1) is 24.0. The lowest BCUT2D eigenvalue weighted by atomic mass is 10.1. The van der Waals surface area contributed by atoms with Crippen molar-refractivity contribution in [2.75, 3.05) is 5.32 Å². The first-order valence-electron chi connectivity index (χ1n) is 12.3. The summed E-state index contributed by atoms with van der Waals surface area (Å²) >= 11 is 0. The van der Waals surface area contributed by atoms with Crippen LogP contribution in [0.2, 0.25) is 0 Å². The fourth-order valence-corrected chi connectivity index (χ4v) is 4.30. The minimum Gasteiger partial charge on any atom is -0.457 e. The molecule has 0 bridgehead atoms. The van der Waals surface area contributed by atoms with Gasteiger partial charge in [-0.3, -0.25) is 14.8 Å². The second-order valence-corrected chi connectivity index (χ2v) is 8.88. The highest BCUT2D eigenvalue weighted by Crippen LogP contribution is 2.25. The number of aryl methyl sites for hydroxylation is 2. The Labute approximate surface area is 216 Å². The number of carbonyl (C=O) groups excluding carboxylic acids is 1. The number of fused-ring (bicyclic) bond motifs is 1. The van der Waals surface area contributed by atoms with Crippen LogP contribution in [-0.4, -0.2) is 16.7 Å². The van der Waals surface area contributed by atoms with Crippen molar-refractivity contribution < 1.29 is 9.53 Å². The molecule has 1 amide bonds. The second kappa shape index (κ2) is 11.4. The lowest BCUT2D eigenvalue weighted by Crippen LogP contribution is -2.13. The molecule has 6 heteroatoms. The van der Waals surface area contributed by atoms with E-state index in [1.807, 2.05) is 66.7 Å². The van der Waals surface area contributed by atoms with Crippen molar-refractivity contribution in [1.82, 2.24) is 4.98 Å². The number of hydrogen-bond donors (Lipinski definition) is 2. The number of carbonyl (C=O) groups is 1. The fraction of sp³-hybridized carbons (Fsp3) is 0.129. The SMILES string of the molecule is NC(=NCc1cc(Oc2cccc(C=CC(=O)Nc3ccc4c(c3)CCC4)c2)ccn1)c1ccccc1. The molecule has 3 aromatic carbocycles. The summed E-state index contributed by atoms with van der Waals surface area (Å²) in [6.45, 7) is 0.347. The number of nitrogens with zero attached hydrogens (tertiary/aromatic N) is 2. The first-order chi connectivity index (χ1) is 18.1. The Morgan fingerprint density at radius 2 is 1.78 bits per heavy atom. The monoisotopic (exact) mass is 488 g/mol. The summed E-state index contributed by atoms with van der Waals surface area (Å²) in [5.74, 6) is 1.60. The highest BCUT2D eigenvalue weighted by Gasteiger charge is 2.11. The average Bonchev–Trinajstić information content (AvgIpc) is 3.40. The van der Waals surface area contributed by atoms with Crippen LogP contribution in [0.4, 0.5) is 5.69 Å². The molecule has 1 aromatic heterocycles. The zero-order chi connectivity index (χ0) is 25.5. The predicted octanol–water partition coefficient (Wildman–Crippen LogP) is 5.92. The second-order valence-electron chi connectivity index (χ2n) is 8.88. The molecule has 0 radical (unpaired) electrons. The molecule has 184 valence electrons. The molecule has 1 aliphatic carbocycles. The van der Waals surface area contributed by atoms with E-state index in [0.717, 1.165) is 35.3 Å². The number of pyridine rings is 1. The minimum absolute atomic E-state index is 0.168. The number of aromatic nitrogens is 1. The Morgan fingerprint density at radius 1 is 0.946 bits per heavy atom. The molecule has 0 spiro atoms. The van der Waals surface area contributed by atoms with Crippen molar-refractivity contribution in [3.05, 3.63) is 125 Å². The number of nitrogens with two attached hydrogens (primary N) is 1. The molecule has 0 saturated carbocycles. The predicted molar refractivity (Wildman–Crippen MR) is 148 cm³/mol. The molecule has 6 nitrogen and oxygen atoms in total. The van der Waals surface area contributed by atoms with Crippen molar-refractivity contribution in [2.45, 2.75) is 25.8 Å². The molecule has 37 heavy (non-hydrogen) atoms. The molecule has 0 saturated heterocycles. The van der Waals surface area contributed by atoms with Gasteiger partial charge in [0.05, 0.1) is 12.2 Å². The van der Waals surface area contributed by atoms with Gasteiger partial charge in [0, 0.05) is 29.6 Å². The minimum atomic E-state index is -0.168. The van der Waals surface area contributed by atoms with Crippen molar-refractivity contribution in [3.8, 4) is 11.5 Å². The molecule has 0 aliphatic heterocycles. The third-order valence-corrected chi connectivity index (χ3v) is 6.16.